The molecule has 2 aliphatic rings. The van der Waals surface area contributed by atoms with E-state index in [9.17, 15) is 14.4 Å². The number of carbonyl (C=O) groups excluding carboxylic acids is 3. The Morgan fingerprint density at radius 2 is 1.92 bits per heavy atom. The zero-order valence-corrected chi connectivity index (χ0v) is 21.1. The van der Waals surface area contributed by atoms with Crippen LogP contribution < -0.4 is 10.1 Å². The molecule has 3 aromatic rings. The summed E-state index contributed by atoms with van der Waals surface area (Å²) in [5.74, 6) is 0.0212. The van der Waals surface area contributed by atoms with Crippen molar-refractivity contribution >= 4 is 28.7 Å². The molecule has 3 heterocycles. The third-order valence-corrected chi connectivity index (χ3v) is 7.66. The topological polar surface area (TPSA) is 94.7 Å². The van der Waals surface area contributed by atoms with Gasteiger partial charge in [0, 0.05) is 23.5 Å². The van der Waals surface area contributed by atoms with Crippen LogP contribution in [0.25, 0.3) is 10.9 Å². The Kier molecular flexibility index (Phi) is 5.98. The summed E-state index contributed by atoms with van der Waals surface area (Å²) in [4.78, 5) is 46.5. The van der Waals surface area contributed by atoms with Crippen molar-refractivity contribution in [1.82, 2.24) is 20.1 Å². The molecule has 8 nitrogen and oxygen atoms in total. The number of ether oxygens (including phenoxy) is 1. The van der Waals surface area contributed by atoms with Crippen LogP contribution in [0.3, 0.4) is 0 Å². The van der Waals surface area contributed by atoms with Crippen LogP contribution in [0.4, 0.5) is 4.79 Å². The maximum Gasteiger partial charge on any atom is 0.328 e. The molecular weight excluding hydrogens is 456 g/mol. The highest BCUT2D eigenvalue weighted by Gasteiger charge is 2.60. The fraction of sp³-hybridized carbons (Fsp3) is 0.393. The molecule has 188 valence electrons. The molecule has 1 fully saturated rings. The van der Waals surface area contributed by atoms with Gasteiger partial charge in [-0.05, 0) is 69.4 Å². The first kappa shape index (κ1) is 23.9. The number of aromatic nitrogens is 1. The minimum absolute atomic E-state index is 0.0959. The van der Waals surface area contributed by atoms with Crippen LogP contribution >= 0.6 is 0 Å². The standard InChI is InChI=1S/C28H32N4O4/c1-17(10-11-19-8-6-5-7-9-19)29-25(33)18(2)32-26(34)28(3)24-21(14-15-31(28)27(32)35)22-16-20(36-4)12-13-23(22)30-24/h5-9,12-13,16-18,30H,10-11,14-15H2,1-4H3,(H,29,33). The third kappa shape index (κ3) is 3.72. The van der Waals surface area contributed by atoms with Gasteiger partial charge < -0.3 is 19.9 Å². The number of imide groups is 1. The van der Waals surface area contributed by atoms with Gasteiger partial charge >= 0.3 is 6.03 Å². The highest BCUT2D eigenvalue weighted by Crippen LogP contribution is 2.45. The number of aromatic amines is 1. The maximum absolute atomic E-state index is 13.8. The minimum Gasteiger partial charge on any atom is -0.497 e. The van der Waals surface area contributed by atoms with Crippen LogP contribution in [-0.4, -0.2) is 58.4 Å². The highest BCUT2D eigenvalue weighted by molar-refractivity contribution is 6.11. The van der Waals surface area contributed by atoms with Gasteiger partial charge in [0.15, 0.2) is 5.54 Å². The SMILES string of the molecule is COc1ccc2[nH]c3c(c2c1)CCN1C(=O)N(C(C)C(=O)NC(C)CCc2ccccc2)C(=O)C31C. The number of aryl methyl sites for hydroxylation is 1. The summed E-state index contributed by atoms with van der Waals surface area (Å²) in [6.45, 7) is 5.73. The zero-order valence-electron chi connectivity index (χ0n) is 21.1. The first-order valence-electron chi connectivity index (χ1n) is 12.4. The Bertz CT molecular complexity index is 1330. The largest absolute Gasteiger partial charge is 0.497 e. The van der Waals surface area contributed by atoms with E-state index in [2.05, 4.69) is 22.4 Å². The van der Waals surface area contributed by atoms with Crippen LogP contribution in [0.15, 0.2) is 48.5 Å². The van der Waals surface area contributed by atoms with Crippen molar-refractivity contribution in [2.75, 3.05) is 13.7 Å². The van der Waals surface area contributed by atoms with Crippen molar-refractivity contribution in [2.24, 2.45) is 0 Å². The van der Waals surface area contributed by atoms with E-state index < -0.39 is 17.6 Å². The molecule has 1 aromatic heterocycles. The van der Waals surface area contributed by atoms with E-state index in [1.54, 1.807) is 25.9 Å². The summed E-state index contributed by atoms with van der Waals surface area (Å²) < 4.78 is 5.38. The second kappa shape index (κ2) is 9.00. The molecule has 1 saturated heterocycles. The van der Waals surface area contributed by atoms with E-state index in [0.717, 1.165) is 40.0 Å². The van der Waals surface area contributed by atoms with Crippen molar-refractivity contribution < 1.29 is 19.1 Å². The second-order valence-corrected chi connectivity index (χ2v) is 9.93. The summed E-state index contributed by atoms with van der Waals surface area (Å²) in [5.41, 5.74) is 2.62. The molecule has 2 aliphatic heterocycles. The average molecular weight is 489 g/mol. The number of nitrogens with one attached hydrogen (secondary N) is 2. The molecule has 3 atom stereocenters. The number of H-pyrrole nitrogens is 1. The molecule has 4 amide bonds. The quantitative estimate of drug-likeness (QED) is 0.496. The first-order chi connectivity index (χ1) is 17.3. The summed E-state index contributed by atoms with van der Waals surface area (Å²) in [6.07, 6.45) is 2.20. The normalized spacial score (nSPS) is 20.8. The molecular formula is C28H32N4O4. The van der Waals surface area contributed by atoms with E-state index in [0.29, 0.717) is 18.7 Å². The van der Waals surface area contributed by atoms with Gasteiger partial charge in [-0.2, -0.15) is 0 Å². The van der Waals surface area contributed by atoms with E-state index in [1.165, 1.54) is 5.56 Å². The van der Waals surface area contributed by atoms with E-state index in [1.807, 2.05) is 43.3 Å². The Morgan fingerprint density at radius 1 is 1.17 bits per heavy atom. The number of nitrogens with zero attached hydrogens (tertiary/aromatic N) is 2. The lowest BCUT2D eigenvalue weighted by Crippen LogP contribution is -2.51. The fourth-order valence-corrected chi connectivity index (χ4v) is 5.49. The zero-order chi connectivity index (χ0) is 25.6. The van der Waals surface area contributed by atoms with E-state index in [4.69, 9.17) is 4.74 Å². The first-order valence-corrected chi connectivity index (χ1v) is 12.4. The number of rotatable bonds is 7. The Labute approximate surface area is 210 Å². The number of hydrogen-bond donors (Lipinski definition) is 2. The molecule has 36 heavy (non-hydrogen) atoms. The molecule has 0 bridgehead atoms. The lowest BCUT2D eigenvalue weighted by Gasteiger charge is -2.36. The van der Waals surface area contributed by atoms with Gasteiger partial charge in [-0.3, -0.25) is 9.59 Å². The molecule has 8 heteroatoms. The number of hydrogen-bond acceptors (Lipinski definition) is 4. The highest BCUT2D eigenvalue weighted by atomic mass is 16.5. The number of benzene rings is 2. The van der Waals surface area contributed by atoms with Crippen molar-refractivity contribution in [3.8, 4) is 5.75 Å². The maximum atomic E-state index is 13.8. The lowest BCUT2D eigenvalue weighted by molar-refractivity contribution is -0.139. The number of fused-ring (bicyclic) bond motifs is 5. The van der Waals surface area contributed by atoms with Crippen LogP contribution in [0, 0.1) is 0 Å². The monoisotopic (exact) mass is 488 g/mol. The molecule has 0 spiro atoms. The van der Waals surface area contributed by atoms with Gasteiger partial charge in [0.2, 0.25) is 5.91 Å². The van der Waals surface area contributed by atoms with Crippen LogP contribution in [0.5, 0.6) is 5.75 Å². The second-order valence-electron chi connectivity index (χ2n) is 9.93. The summed E-state index contributed by atoms with van der Waals surface area (Å²) >= 11 is 0. The van der Waals surface area contributed by atoms with Crippen LogP contribution in [0.1, 0.15) is 44.0 Å². The van der Waals surface area contributed by atoms with Gasteiger partial charge in [0.25, 0.3) is 5.91 Å². The smallest absolute Gasteiger partial charge is 0.328 e. The molecule has 2 aromatic carbocycles. The van der Waals surface area contributed by atoms with E-state index in [-0.39, 0.29) is 17.9 Å². The number of methoxy groups -OCH3 is 1. The van der Waals surface area contributed by atoms with Gasteiger partial charge in [0.05, 0.1) is 12.8 Å². The summed E-state index contributed by atoms with van der Waals surface area (Å²) in [7, 11) is 1.62. The summed E-state index contributed by atoms with van der Waals surface area (Å²) in [6, 6.07) is 14.4. The fourth-order valence-electron chi connectivity index (χ4n) is 5.49. The molecule has 0 radical (unpaired) electrons. The number of urea groups is 1. The van der Waals surface area contributed by atoms with Crippen molar-refractivity contribution in [3.63, 3.8) is 0 Å². The molecule has 0 aliphatic carbocycles. The molecule has 5 rings (SSSR count). The van der Waals surface area contributed by atoms with E-state index >= 15 is 0 Å². The predicted molar refractivity (Wildman–Crippen MR) is 137 cm³/mol. The van der Waals surface area contributed by atoms with Gasteiger partial charge in [-0.1, -0.05) is 30.3 Å². The van der Waals surface area contributed by atoms with Crippen molar-refractivity contribution in [1.29, 1.82) is 0 Å². The third-order valence-electron chi connectivity index (χ3n) is 7.66. The molecule has 3 unspecified atom stereocenters. The van der Waals surface area contributed by atoms with Crippen molar-refractivity contribution in [2.45, 2.75) is 57.7 Å². The Hall–Kier alpha value is -3.81. The number of carbonyl (C=O) groups is 3. The van der Waals surface area contributed by atoms with Gasteiger partial charge in [-0.15, -0.1) is 0 Å². The molecule has 0 saturated carbocycles. The van der Waals surface area contributed by atoms with Crippen LogP contribution in [-0.2, 0) is 28.0 Å². The van der Waals surface area contributed by atoms with Crippen molar-refractivity contribution in [3.05, 3.63) is 65.4 Å². The predicted octanol–water partition coefficient (Wildman–Crippen LogP) is 3.74. The average Bonchev–Trinajstić information content (AvgIpc) is 3.35. The Balaban J connectivity index is 1.35. The lowest BCUT2D eigenvalue weighted by atomic mass is 9.87. The molecule has 2 N–H and O–H groups in total. The Morgan fingerprint density at radius 3 is 2.64 bits per heavy atom. The van der Waals surface area contributed by atoms with Crippen LogP contribution in [0.2, 0.25) is 0 Å². The number of amides is 4. The summed E-state index contributed by atoms with van der Waals surface area (Å²) in [5, 5.41) is 3.98. The minimum atomic E-state index is -1.19. The van der Waals surface area contributed by atoms with Gasteiger partial charge in [0.1, 0.15) is 11.8 Å². The van der Waals surface area contributed by atoms with Gasteiger partial charge in [-0.25, -0.2) is 9.69 Å².